The van der Waals surface area contributed by atoms with Crippen LogP contribution in [0.5, 0.6) is 0 Å². The molecular formula is C20H24BrN3O. The second kappa shape index (κ2) is 8.48. The lowest BCUT2D eigenvalue weighted by Gasteiger charge is -2.28. The van der Waals surface area contributed by atoms with Gasteiger partial charge >= 0.3 is 0 Å². The number of hydrogen-bond acceptors (Lipinski definition) is 3. The number of likely N-dealkylation sites (N-methyl/N-ethyl adjacent to an activating group) is 1. The molecule has 0 N–H and O–H groups in total. The quantitative estimate of drug-likeness (QED) is 0.754. The van der Waals surface area contributed by atoms with Crippen molar-refractivity contribution >= 4 is 27.7 Å². The van der Waals surface area contributed by atoms with E-state index in [0.29, 0.717) is 5.56 Å². The van der Waals surface area contributed by atoms with Gasteiger partial charge in [-0.3, -0.25) is 4.79 Å². The predicted molar refractivity (Wildman–Crippen MR) is 105 cm³/mol. The molecule has 0 atom stereocenters. The molecule has 0 aliphatic carbocycles. The molecule has 1 saturated heterocycles. The normalized spacial score (nSPS) is 14.4. The van der Waals surface area contributed by atoms with Gasteiger partial charge in [0.1, 0.15) is 5.82 Å². The number of anilines is 1. The van der Waals surface area contributed by atoms with Gasteiger partial charge in [-0.1, -0.05) is 28.1 Å². The van der Waals surface area contributed by atoms with Crippen LogP contribution in [0.2, 0.25) is 0 Å². The number of halogens is 1. The fourth-order valence-electron chi connectivity index (χ4n) is 3.19. The second-order valence-electron chi connectivity index (χ2n) is 6.53. The zero-order valence-corrected chi connectivity index (χ0v) is 16.2. The summed E-state index contributed by atoms with van der Waals surface area (Å²) in [4.78, 5) is 21.4. The summed E-state index contributed by atoms with van der Waals surface area (Å²) in [6, 6.07) is 12.1. The Balaban J connectivity index is 1.70. The third-order valence-corrected chi connectivity index (χ3v) is 5.20. The van der Waals surface area contributed by atoms with Crippen molar-refractivity contribution in [1.29, 1.82) is 0 Å². The van der Waals surface area contributed by atoms with Gasteiger partial charge in [0.2, 0.25) is 0 Å². The summed E-state index contributed by atoms with van der Waals surface area (Å²) < 4.78 is 1.09. The number of carbonyl (C=O) groups excluding carboxylic acids is 1. The fraction of sp³-hybridized carbons (Fsp3) is 0.400. The number of pyridine rings is 1. The summed E-state index contributed by atoms with van der Waals surface area (Å²) in [7, 11) is 2.01. The van der Waals surface area contributed by atoms with Crippen molar-refractivity contribution in [2.45, 2.75) is 25.7 Å². The first kappa shape index (κ1) is 17.9. The van der Waals surface area contributed by atoms with Crippen molar-refractivity contribution in [1.82, 2.24) is 9.88 Å². The van der Waals surface area contributed by atoms with Crippen LogP contribution in [0.1, 0.15) is 35.2 Å². The SMILES string of the molecule is CN(CCc1ccc(Br)cc1)c1ncccc1C(=O)N1CCCCC1. The third-order valence-electron chi connectivity index (χ3n) is 4.67. The molecule has 3 rings (SSSR count). The number of amides is 1. The molecule has 2 heterocycles. The van der Waals surface area contributed by atoms with E-state index in [1.165, 1.54) is 12.0 Å². The van der Waals surface area contributed by atoms with E-state index in [0.717, 1.165) is 49.2 Å². The highest BCUT2D eigenvalue weighted by molar-refractivity contribution is 9.10. The molecule has 1 aromatic heterocycles. The number of nitrogens with zero attached hydrogens (tertiary/aromatic N) is 3. The first-order valence-corrected chi connectivity index (χ1v) is 9.64. The van der Waals surface area contributed by atoms with Crippen LogP contribution in [-0.2, 0) is 6.42 Å². The molecule has 1 fully saturated rings. The van der Waals surface area contributed by atoms with Gasteiger partial charge < -0.3 is 9.80 Å². The molecule has 0 unspecified atom stereocenters. The first-order valence-electron chi connectivity index (χ1n) is 8.85. The van der Waals surface area contributed by atoms with E-state index in [1.54, 1.807) is 6.20 Å². The number of aromatic nitrogens is 1. The van der Waals surface area contributed by atoms with Crippen molar-refractivity contribution in [3.05, 3.63) is 58.2 Å². The van der Waals surface area contributed by atoms with E-state index in [2.05, 4.69) is 50.1 Å². The Hall–Kier alpha value is -1.88. The van der Waals surface area contributed by atoms with E-state index >= 15 is 0 Å². The lowest BCUT2D eigenvalue weighted by molar-refractivity contribution is 0.0724. The summed E-state index contributed by atoms with van der Waals surface area (Å²) in [5.74, 6) is 0.883. The standard InChI is InChI=1S/C20H24BrN3O/c1-23(15-11-16-7-9-17(21)10-8-16)19-18(6-5-12-22-19)20(25)24-13-3-2-4-14-24/h5-10,12H,2-4,11,13-15H2,1H3. The summed E-state index contributed by atoms with van der Waals surface area (Å²) in [5, 5.41) is 0. The van der Waals surface area contributed by atoms with E-state index in [-0.39, 0.29) is 5.91 Å². The number of carbonyl (C=O) groups is 1. The highest BCUT2D eigenvalue weighted by atomic mass is 79.9. The topological polar surface area (TPSA) is 36.4 Å². The molecule has 1 aromatic carbocycles. The Morgan fingerprint density at radius 2 is 1.88 bits per heavy atom. The zero-order chi connectivity index (χ0) is 17.6. The number of rotatable bonds is 5. The van der Waals surface area contributed by atoms with Gasteiger partial charge in [-0.15, -0.1) is 0 Å². The molecule has 0 bridgehead atoms. The Labute approximate surface area is 158 Å². The second-order valence-corrected chi connectivity index (χ2v) is 7.44. The number of likely N-dealkylation sites (tertiary alicyclic amines) is 1. The molecule has 0 saturated carbocycles. The van der Waals surface area contributed by atoms with Gasteiger partial charge in [0.15, 0.2) is 0 Å². The average molecular weight is 402 g/mol. The molecule has 4 nitrogen and oxygen atoms in total. The number of piperidine rings is 1. The van der Waals surface area contributed by atoms with Crippen LogP contribution in [0.25, 0.3) is 0 Å². The third kappa shape index (κ3) is 4.60. The fourth-order valence-corrected chi connectivity index (χ4v) is 3.45. The van der Waals surface area contributed by atoms with E-state index in [1.807, 2.05) is 24.1 Å². The minimum absolute atomic E-state index is 0.110. The van der Waals surface area contributed by atoms with Crippen LogP contribution in [-0.4, -0.2) is 42.5 Å². The summed E-state index contributed by atoms with van der Waals surface area (Å²) in [5.41, 5.74) is 1.98. The van der Waals surface area contributed by atoms with Crippen LogP contribution >= 0.6 is 15.9 Å². The summed E-state index contributed by atoms with van der Waals surface area (Å²) in [6.45, 7) is 2.53. The smallest absolute Gasteiger partial charge is 0.257 e. The Bertz CT molecular complexity index is 711. The molecule has 0 spiro atoms. The number of benzene rings is 1. The molecule has 1 amide bonds. The molecule has 0 radical (unpaired) electrons. The monoisotopic (exact) mass is 401 g/mol. The molecule has 1 aliphatic heterocycles. The Morgan fingerprint density at radius 1 is 1.16 bits per heavy atom. The minimum Gasteiger partial charge on any atom is -0.359 e. The van der Waals surface area contributed by atoms with Gasteiger partial charge in [-0.05, 0) is 55.5 Å². The molecule has 1 aliphatic rings. The zero-order valence-electron chi connectivity index (χ0n) is 14.6. The van der Waals surface area contributed by atoms with E-state index < -0.39 is 0 Å². The van der Waals surface area contributed by atoms with Gasteiger partial charge in [0.05, 0.1) is 5.56 Å². The highest BCUT2D eigenvalue weighted by Crippen LogP contribution is 2.21. The lowest BCUT2D eigenvalue weighted by Crippen LogP contribution is -2.37. The maximum absolute atomic E-state index is 12.9. The predicted octanol–water partition coefficient (Wildman–Crippen LogP) is 4.15. The molecular weight excluding hydrogens is 378 g/mol. The summed E-state index contributed by atoms with van der Waals surface area (Å²) in [6.07, 6.45) is 6.09. The Kier molecular flexibility index (Phi) is 6.08. The van der Waals surface area contributed by atoms with Crippen LogP contribution in [0, 0.1) is 0 Å². The van der Waals surface area contributed by atoms with Gasteiger partial charge in [0, 0.05) is 37.4 Å². The van der Waals surface area contributed by atoms with Gasteiger partial charge in [-0.2, -0.15) is 0 Å². The van der Waals surface area contributed by atoms with E-state index in [9.17, 15) is 4.79 Å². The highest BCUT2D eigenvalue weighted by Gasteiger charge is 2.22. The first-order chi connectivity index (χ1) is 12.1. The number of hydrogen-bond donors (Lipinski definition) is 0. The maximum atomic E-state index is 12.9. The van der Waals surface area contributed by atoms with Gasteiger partial charge in [0.25, 0.3) is 5.91 Å². The van der Waals surface area contributed by atoms with Crippen molar-refractivity contribution in [3.8, 4) is 0 Å². The van der Waals surface area contributed by atoms with Crippen LogP contribution in [0.4, 0.5) is 5.82 Å². The van der Waals surface area contributed by atoms with Crippen LogP contribution in [0.15, 0.2) is 47.1 Å². The van der Waals surface area contributed by atoms with Crippen molar-refractivity contribution in [2.24, 2.45) is 0 Å². The van der Waals surface area contributed by atoms with E-state index in [4.69, 9.17) is 0 Å². The minimum atomic E-state index is 0.110. The van der Waals surface area contributed by atoms with Crippen molar-refractivity contribution in [3.63, 3.8) is 0 Å². The molecule has 5 heteroatoms. The molecule has 2 aromatic rings. The van der Waals surface area contributed by atoms with Crippen LogP contribution < -0.4 is 4.90 Å². The molecule has 132 valence electrons. The average Bonchev–Trinajstić information content (AvgIpc) is 2.67. The molecule has 25 heavy (non-hydrogen) atoms. The van der Waals surface area contributed by atoms with Crippen molar-refractivity contribution < 1.29 is 4.79 Å². The van der Waals surface area contributed by atoms with Crippen molar-refractivity contribution in [2.75, 3.05) is 31.6 Å². The van der Waals surface area contributed by atoms with Crippen LogP contribution in [0.3, 0.4) is 0 Å². The maximum Gasteiger partial charge on any atom is 0.257 e. The van der Waals surface area contributed by atoms with Gasteiger partial charge in [-0.25, -0.2) is 4.98 Å². The largest absolute Gasteiger partial charge is 0.359 e. The Morgan fingerprint density at radius 3 is 2.60 bits per heavy atom. The summed E-state index contributed by atoms with van der Waals surface area (Å²) >= 11 is 3.46. The lowest BCUT2D eigenvalue weighted by atomic mass is 10.1.